The lowest BCUT2D eigenvalue weighted by molar-refractivity contribution is 0.803. The number of nitrogens with zero attached hydrogens (tertiary/aromatic N) is 2. The van der Waals surface area contributed by atoms with Crippen molar-refractivity contribution in [2.75, 3.05) is 16.8 Å². The summed E-state index contributed by atoms with van der Waals surface area (Å²) < 4.78 is 0. The number of hydrogen-bond donors (Lipinski definition) is 0. The number of fused-ring (bicyclic) bond motifs is 3. The van der Waals surface area contributed by atoms with Gasteiger partial charge in [-0.3, -0.25) is 0 Å². The molecule has 0 bridgehead atoms. The summed E-state index contributed by atoms with van der Waals surface area (Å²) in [7, 11) is 2.16. The number of hydrogen-bond acceptors (Lipinski definition) is 2. The Hall–Kier alpha value is -4.04. The van der Waals surface area contributed by atoms with Crippen LogP contribution in [0.3, 0.4) is 0 Å². The smallest absolute Gasteiger partial charge is 0.0497 e. The average Bonchev–Trinajstić information content (AvgIpc) is 3.23. The Balaban J connectivity index is 1.34. The highest BCUT2D eigenvalue weighted by molar-refractivity contribution is 5.79. The number of anilines is 3. The van der Waals surface area contributed by atoms with Crippen LogP contribution in [0.25, 0.3) is 11.1 Å². The Morgan fingerprint density at radius 1 is 0.697 bits per heavy atom. The third-order valence-corrected chi connectivity index (χ3v) is 6.79. The van der Waals surface area contributed by atoms with E-state index in [0.717, 1.165) is 6.42 Å². The van der Waals surface area contributed by atoms with Crippen LogP contribution in [-0.4, -0.2) is 7.05 Å². The molecule has 0 saturated heterocycles. The summed E-state index contributed by atoms with van der Waals surface area (Å²) in [5, 5.41) is 0. The van der Waals surface area contributed by atoms with Crippen LogP contribution < -0.4 is 9.80 Å². The molecule has 4 aromatic carbocycles. The molecule has 4 aromatic rings. The second kappa shape index (κ2) is 8.14. The fourth-order valence-corrected chi connectivity index (χ4v) is 5.06. The Morgan fingerprint density at radius 2 is 1.33 bits per heavy atom. The van der Waals surface area contributed by atoms with Crippen molar-refractivity contribution in [3.05, 3.63) is 138 Å². The zero-order valence-electron chi connectivity index (χ0n) is 18.7. The minimum Gasteiger partial charge on any atom is -0.345 e. The molecule has 0 N–H and O–H groups in total. The molecule has 6 rings (SSSR count). The maximum atomic E-state index is 2.43. The summed E-state index contributed by atoms with van der Waals surface area (Å²) in [6, 6.07) is 38.9. The molecular formula is C31H26N2. The number of benzene rings is 4. The van der Waals surface area contributed by atoms with Crippen molar-refractivity contribution in [1.82, 2.24) is 0 Å². The van der Waals surface area contributed by atoms with Crippen LogP contribution in [0.15, 0.2) is 133 Å². The van der Waals surface area contributed by atoms with E-state index in [4.69, 9.17) is 0 Å². The largest absolute Gasteiger partial charge is 0.345 e. The van der Waals surface area contributed by atoms with E-state index in [9.17, 15) is 0 Å². The van der Waals surface area contributed by atoms with Crippen molar-refractivity contribution < 1.29 is 0 Å². The topological polar surface area (TPSA) is 6.48 Å². The third-order valence-electron chi connectivity index (χ3n) is 6.79. The highest BCUT2D eigenvalue weighted by Gasteiger charge is 2.35. The molecular weight excluding hydrogens is 400 g/mol. The fourth-order valence-electron chi connectivity index (χ4n) is 5.06. The van der Waals surface area contributed by atoms with Gasteiger partial charge in [-0.15, -0.1) is 0 Å². The van der Waals surface area contributed by atoms with Gasteiger partial charge in [-0.1, -0.05) is 84.9 Å². The van der Waals surface area contributed by atoms with Gasteiger partial charge < -0.3 is 9.80 Å². The van der Waals surface area contributed by atoms with Crippen LogP contribution in [0.5, 0.6) is 0 Å². The Morgan fingerprint density at radius 3 is 2.09 bits per heavy atom. The van der Waals surface area contributed by atoms with E-state index in [1.807, 2.05) is 0 Å². The van der Waals surface area contributed by atoms with Crippen molar-refractivity contribution in [3.63, 3.8) is 0 Å². The summed E-state index contributed by atoms with van der Waals surface area (Å²) in [5.41, 5.74) is 10.2. The van der Waals surface area contributed by atoms with Crippen LogP contribution in [0, 0.1) is 0 Å². The van der Waals surface area contributed by atoms with Crippen LogP contribution in [0.2, 0.25) is 0 Å². The molecule has 2 aliphatic rings. The molecule has 1 aliphatic carbocycles. The Kier molecular flexibility index (Phi) is 4.84. The predicted octanol–water partition coefficient (Wildman–Crippen LogP) is 7.90. The van der Waals surface area contributed by atoms with Crippen molar-refractivity contribution in [2.24, 2.45) is 0 Å². The summed E-state index contributed by atoms with van der Waals surface area (Å²) in [6.07, 6.45) is 5.75. The summed E-state index contributed by atoms with van der Waals surface area (Å²) in [5.74, 6) is 0.402. The molecule has 0 spiro atoms. The molecule has 0 radical (unpaired) electrons. The fraction of sp³-hybridized carbons (Fsp3) is 0.0968. The highest BCUT2D eigenvalue weighted by atomic mass is 15.2. The second-order valence-electron chi connectivity index (χ2n) is 8.69. The van der Waals surface area contributed by atoms with E-state index in [0.29, 0.717) is 5.92 Å². The molecule has 0 amide bonds. The predicted molar refractivity (Wildman–Crippen MR) is 139 cm³/mol. The van der Waals surface area contributed by atoms with Crippen LogP contribution in [0.1, 0.15) is 17.9 Å². The first kappa shape index (κ1) is 19.6. The summed E-state index contributed by atoms with van der Waals surface area (Å²) in [6.45, 7) is 0. The van der Waals surface area contributed by atoms with Gasteiger partial charge in [0.2, 0.25) is 0 Å². The van der Waals surface area contributed by atoms with E-state index in [2.05, 4.69) is 138 Å². The highest BCUT2D eigenvalue weighted by Crippen LogP contribution is 2.51. The first-order chi connectivity index (χ1) is 16.3. The molecule has 0 aromatic heterocycles. The second-order valence-corrected chi connectivity index (χ2v) is 8.69. The lowest BCUT2D eigenvalue weighted by Crippen LogP contribution is -2.21. The lowest BCUT2D eigenvalue weighted by atomic mass is 9.91. The minimum absolute atomic E-state index is 0.402. The van der Waals surface area contributed by atoms with E-state index in [1.54, 1.807) is 0 Å². The van der Waals surface area contributed by atoms with Gasteiger partial charge in [0.1, 0.15) is 0 Å². The van der Waals surface area contributed by atoms with E-state index < -0.39 is 0 Å². The molecule has 1 unspecified atom stereocenters. The first-order valence-corrected chi connectivity index (χ1v) is 11.5. The van der Waals surface area contributed by atoms with Gasteiger partial charge in [0.15, 0.2) is 0 Å². The minimum atomic E-state index is 0.402. The number of para-hydroxylation sites is 2. The molecule has 0 fully saturated rings. The maximum Gasteiger partial charge on any atom is 0.0497 e. The van der Waals surface area contributed by atoms with Crippen LogP contribution in [0.4, 0.5) is 17.1 Å². The van der Waals surface area contributed by atoms with Gasteiger partial charge >= 0.3 is 0 Å². The van der Waals surface area contributed by atoms with Crippen molar-refractivity contribution in [1.29, 1.82) is 0 Å². The zero-order valence-corrected chi connectivity index (χ0v) is 18.7. The van der Waals surface area contributed by atoms with Gasteiger partial charge in [0.05, 0.1) is 0 Å². The van der Waals surface area contributed by atoms with Crippen LogP contribution >= 0.6 is 0 Å². The van der Waals surface area contributed by atoms with E-state index >= 15 is 0 Å². The van der Waals surface area contributed by atoms with Crippen LogP contribution in [-0.2, 0) is 0 Å². The number of rotatable bonds is 4. The molecule has 33 heavy (non-hydrogen) atoms. The number of likely N-dealkylation sites (N-methyl/N-ethyl adjacent to an activating group) is 1. The van der Waals surface area contributed by atoms with Crippen molar-refractivity contribution in [2.45, 2.75) is 12.3 Å². The third kappa shape index (κ3) is 3.44. The lowest BCUT2D eigenvalue weighted by Gasteiger charge is -2.29. The van der Waals surface area contributed by atoms with Gasteiger partial charge in [0, 0.05) is 41.4 Å². The monoisotopic (exact) mass is 426 g/mol. The maximum absolute atomic E-state index is 2.43. The van der Waals surface area contributed by atoms with Crippen molar-refractivity contribution in [3.8, 4) is 11.1 Å². The normalized spacial score (nSPS) is 16.5. The summed E-state index contributed by atoms with van der Waals surface area (Å²) in [4.78, 5) is 4.73. The molecule has 1 heterocycles. The van der Waals surface area contributed by atoms with Gasteiger partial charge in [-0.2, -0.15) is 0 Å². The molecule has 2 nitrogen and oxygen atoms in total. The zero-order chi connectivity index (χ0) is 22.2. The van der Waals surface area contributed by atoms with Gasteiger partial charge in [-0.05, 0) is 59.5 Å². The molecule has 160 valence electrons. The Labute approximate surface area is 195 Å². The quantitative estimate of drug-likeness (QED) is 0.327. The Bertz CT molecular complexity index is 1330. The average molecular weight is 427 g/mol. The first-order valence-electron chi connectivity index (χ1n) is 11.5. The van der Waals surface area contributed by atoms with E-state index in [-0.39, 0.29) is 0 Å². The summed E-state index contributed by atoms with van der Waals surface area (Å²) >= 11 is 0. The molecule has 1 aliphatic heterocycles. The molecule has 0 saturated carbocycles. The SMILES string of the molecule is CN(C1=CCC2C(=C1)N(c1ccccc1)c1ccccc12)c1ccc(-c2ccccc2)cc1. The molecule has 1 atom stereocenters. The molecule has 2 heteroatoms. The van der Waals surface area contributed by atoms with E-state index in [1.165, 1.54) is 45.1 Å². The van der Waals surface area contributed by atoms with Crippen molar-refractivity contribution >= 4 is 17.1 Å². The number of allylic oxidation sites excluding steroid dienone is 3. The van der Waals surface area contributed by atoms with Gasteiger partial charge in [-0.25, -0.2) is 0 Å². The van der Waals surface area contributed by atoms with Gasteiger partial charge in [0.25, 0.3) is 0 Å². The standard InChI is InChI=1S/C31H26N2/c1-32(25-18-16-24(17-19-25)23-10-4-2-5-11-23)27-20-21-29-28-14-8-9-15-30(28)33(31(29)22-27)26-12-6-3-7-13-26/h2-20,22,29H,21H2,1H3.